The van der Waals surface area contributed by atoms with Crippen LogP contribution in [0, 0.1) is 0 Å². The predicted molar refractivity (Wildman–Crippen MR) is 136 cm³/mol. The predicted octanol–water partition coefficient (Wildman–Crippen LogP) is 5.86. The van der Waals surface area contributed by atoms with Gasteiger partial charge in [0.2, 0.25) is 0 Å². The molecule has 0 fully saturated rings. The first-order chi connectivity index (χ1) is 17.0. The average Bonchev–Trinajstić information content (AvgIpc) is 3.42. The second-order valence-corrected chi connectivity index (χ2v) is 9.85. The monoisotopic (exact) mass is 485 g/mol. The number of ether oxygens (including phenoxy) is 2. The van der Waals surface area contributed by atoms with Crippen molar-refractivity contribution >= 4 is 23.1 Å². The van der Waals surface area contributed by atoms with Gasteiger partial charge in [-0.2, -0.15) is 0 Å². The lowest BCUT2D eigenvalue weighted by Crippen LogP contribution is -2.35. The zero-order valence-electron chi connectivity index (χ0n) is 19.7. The maximum atomic E-state index is 13.5. The van der Waals surface area contributed by atoms with Crippen LogP contribution in [0.15, 0.2) is 94.7 Å². The fourth-order valence-electron chi connectivity index (χ4n) is 4.98. The molecule has 6 heteroatoms. The third-order valence-corrected chi connectivity index (χ3v) is 7.68. The van der Waals surface area contributed by atoms with Crippen molar-refractivity contribution in [2.45, 2.75) is 38.2 Å². The third-order valence-electron chi connectivity index (χ3n) is 6.64. The Bertz CT molecular complexity index is 1290. The van der Waals surface area contributed by atoms with Gasteiger partial charge in [0, 0.05) is 40.1 Å². The number of carbonyl (C=O) groups is 2. The molecular weight excluding hydrogens is 458 g/mol. The van der Waals surface area contributed by atoms with Crippen LogP contribution < -0.4 is 10.1 Å². The van der Waals surface area contributed by atoms with Gasteiger partial charge < -0.3 is 14.8 Å². The summed E-state index contributed by atoms with van der Waals surface area (Å²) in [5, 5.41) is 5.42. The lowest BCUT2D eigenvalue weighted by Gasteiger charge is -2.36. The molecule has 2 unspecified atom stereocenters. The molecule has 5 nitrogen and oxygen atoms in total. The van der Waals surface area contributed by atoms with Gasteiger partial charge in [0.15, 0.2) is 5.78 Å². The summed E-state index contributed by atoms with van der Waals surface area (Å²) in [4.78, 5) is 27.6. The van der Waals surface area contributed by atoms with Gasteiger partial charge in [0.1, 0.15) is 12.4 Å². The normalized spacial score (nSPS) is 19.8. The number of dihydropyridines is 1. The Morgan fingerprint density at radius 2 is 1.80 bits per heavy atom. The number of Topliss-reactive ketones (excluding diaryl/α,β-unsaturated/α-hetero) is 1. The van der Waals surface area contributed by atoms with Crippen molar-refractivity contribution < 1.29 is 19.1 Å². The van der Waals surface area contributed by atoms with E-state index in [-0.39, 0.29) is 11.7 Å². The summed E-state index contributed by atoms with van der Waals surface area (Å²) in [6.45, 7) is 2.34. The summed E-state index contributed by atoms with van der Waals surface area (Å²) in [6, 6.07) is 21.8. The molecule has 0 bridgehead atoms. The Labute approximate surface area is 209 Å². The van der Waals surface area contributed by atoms with Crippen LogP contribution in [-0.2, 0) is 20.9 Å². The Kier molecular flexibility index (Phi) is 6.55. The van der Waals surface area contributed by atoms with Crippen molar-refractivity contribution in [2.75, 3.05) is 7.11 Å². The van der Waals surface area contributed by atoms with E-state index in [1.807, 2.05) is 73.0 Å². The molecule has 1 aromatic heterocycles. The Morgan fingerprint density at radius 1 is 1.03 bits per heavy atom. The first-order valence-corrected chi connectivity index (χ1v) is 12.6. The SMILES string of the molecule is COC(=O)C1=C(C)NC2=C(C(=O)CC(c3cccs3)C2)C1c1ccc(OCc2ccccc2)cc1. The highest BCUT2D eigenvalue weighted by Crippen LogP contribution is 2.46. The van der Waals surface area contributed by atoms with Crippen molar-refractivity contribution in [1.29, 1.82) is 0 Å². The Balaban J connectivity index is 1.47. The van der Waals surface area contributed by atoms with Crippen molar-refractivity contribution in [2.24, 2.45) is 0 Å². The van der Waals surface area contributed by atoms with E-state index in [9.17, 15) is 9.59 Å². The molecule has 2 heterocycles. The standard InChI is InChI=1S/C29H27NO4S/c1-18-26(29(32)33-2)27(20-10-12-22(13-11-20)34-17-19-7-4-3-5-8-19)28-23(30-18)15-21(16-24(28)31)25-9-6-14-35-25/h3-14,21,27,30H,15-17H2,1-2H3. The minimum absolute atomic E-state index is 0.0699. The lowest BCUT2D eigenvalue weighted by atomic mass is 9.72. The van der Waals surface area contributed by atoms with Crippen LogP contribution in [0.25, 0.3) is 0 Å². The summed E-state index contributed by atoms with van der Waals surface area (Å²) in [5.41, 5.74) is 4.73. The smallest absolute Gasteiger partial charge is 0.336 e. The Morgan fingerprint density at radius 3 is 2.49 bits per heavy atom. The van der Waals surface area contributed by atoms with Gasteiger partial charge in [0.25, 0.3) is 0 Å². The van der Waals surface area contributed by atoms with E-state index in [1.165, 1.54) is 12.0 Å². The van der Waals surface area contributed by atoms with Gasteiger partial charge in [0.05, 0.1) is 12.7 Å². The molecule has 0 saturated carbocycles. The fraction of sp³-hybridized carbons (Fsp3) is 0.241. The first-order valence-electron chi connectivity index (χ1n) is 11.7. The van der Waals surface area contributed by atoms with E-state index in [2.05, 4.69) is 11.4 Å². The minimum Gasteiger partial charge on any atom is -0.489 e. The van der Waals surface area contributed by atoms with Crippen molar-refractivity contribution in [3.05, 3.63) is 111 Å². The number of hydrogen-bond acceptors (Lipinski definition) is 6. The van der Waals surface area contributed by atoms with Crippen molar-refractivity contribution in [1.82, 2.24) is 5.32 Å². The summed E-state index contributed by atoms with van der Waals surface area (Å²) in [6.07, 6.45) is 1.17. The molecule has 0 amide bonds. The maximum Gasteiger partial charge on any atom is 0.336 e. The molecule has 3 aromatic rings. The van der Waals surface area contributed by atoms with E-state index < -0.39 is 11.9 Å². The number of nitrogens with one attached hydrogen (secondary N) is 1. The fourth-order valence-corrected chi connectivity index (χ4v) is 5.81. The molecule has 2 aliphatic rings. The number of rotatable bonds is 6. The molecule has 0 saturated heterocycles. The molecule has 1 aliphatic carbocycles. The van der Waals surface area contributed by atoms with Gasteiger partial charge in [-0.05, 0) is 48.1 Å². The second-order valence-electron chi connectivity index (χ2n) is 8.87. The van der Waals surface area contributed by atoms with Gasteiger partial charge in [-0.15, -0.1) is 11.3 Å². The van der Waals surface area contributed by atoms with E-state index in [1.54, 1.807) is 11.3 Å². The van der Waals surface area contributed by atoms with Gasteiger partial charge in [-0.25, -0.2) is 4.79 Å². The summed E-state index contributed by atoms with van der Waals surface area (Å²) in [5.74, 6) is 0.0488. The quantitative estimate of drug-likeness (QED) is 0.443. The van der Waals surface area contributed by atoms with Crippen LogP contribution in [0.4, 0.5) is 0 Å². The van der Waals surface area contributed by atoms with E-state index in [0.717, 1.165) is 34.7 Å². The molecule has 35 heavy (non-hydrogen) atoms. The van der Waals surface area contributed by atoms with E-state index in [0.29, 0.717) is 24.2 Å². The summed E-state index contributed by atoms with van der Waals surface area (Å²) >= 11 is 1.68. The molecule has 0 spiro atoms. The van der Waals surface area contributed by atoms with E-state index >= 15 is 0 Å². The summed E-state index contributed by atoms with van der Waals surface area (Å²) < 4.78 is 11.1. The number of ketones is 1. The highest BCUT2D eigenvalue weighted by atomic mass is 32.1. The third kappa shape index (κ3) is 4.66. The zero-order valence-corrected chi connectivity index (χ0v) is 20.6. The molecule has 1 N–H and O–H groups in total. The van der Waals surface area contributed by atoms with Crippen molar-refractivity contribution in [3.63, 3.8) is 0 Å². The van der Waals surface area contributed by atoms with Gasteiger partial charge >= 0.3 is 5.97 Å². The average molecular weight is 486 g/mol. The number of methoxy groups -OCH3 is 1. The molecule has 178 valence electrons. The number of thiophene rings is 1. The zero-order chi connectivity index (χ0) is 24.4. The summed E-state index contributed by atoms with van der Waals surface area (Å²) in [7, 11) is 1.37. The highest BCUT2D eigenvalue weighted by molar-refractivity contribution is 7.10. The molecule has 5 rings (SSSR count). The number of carbonyl (C=O) groups excluding carboxylic acids is 2. The van der Waals surface area contributed by atoms with Crippen LogP contribution in [0.3, 0.4) is 0 Å². The molecule has 0 radical (unpaired) electrons. The van der Waals surface area contributed by atoms with Crippen LogP contribution in [-0.4, -0.2) is 18.9 Å². The highest BCUT2D eigenvalue weighted by Gasteiger charge is 2.41. The second kappa shape index (κ2) is 9.92. The van der Waals surface area contributed by atoms with Crippen LogP contribution in [0.5, 0.6) is 5.75 Å². The Hall–Kier alpha value is -3.64. The number of hydrogen-bond donors (Lipinski definition) is 1. The number of benzene rings is 2. The van der Waals surface area contributed by atoms with Gasteiger partial charge in [-0.3, -0.25) is 4.79 Å². The number of esters is 1. The van der Waals surface area contributed by atoms with Crippen molar-refractivity contribution in [3.8, 4) is 5.75 Å². The molecule has 2 atom stereocenters. The largest absolute Gasteiger partial charge is 0.489 e. The van der Waals surface area contributed by atoms with Crippen LogP contribution >= 0.6 is 11.3 Å². The molecular formula is C29H27NO4S. The first kappa shape index (κ1) is 23.1. The topological polar surface area (TPSA) is 64.6 Å². The van der Waals surface area contributed by atoms with E-state index in [4.69, 9.17) is 9.47 Å². The number of allylic oxidation sites excluding steroid dienone is 3. The van der Waals surface area contributed by atoms with Crippen LogP contribution in [0.1, 0.15) is 47.6 Å². The molecule has 1 aliphatic heterocycles. The van der Waals surface area contributed by atoms with Gasteiger partial charge in [-0.1, -0.05) is 48.5 Å². The molecule has 2 aromatic carbocycles. The lowest BCUT2D eigenvalue weighted by molar-refractivity contribution is -0.136. The maximum absolute atomic E-state index is 13.5. The minimum atomic E-state index is -0.473. The van der Waals surface area contributed by atoms with Crippen LogP contribution in [0.2, 0.25) is 0 Å².